The lowest BCUT2D eigenvalue weighted by atomic mass is 10.0. The lowest BCUT2D eigenvalue weighted by Gasteiger charge is -2.12. The van der Waals surface area contributed by atoms with Crippen LogP contribution >= 0.6 is 0 Å². The van der Waals surface area contributed by atoms with Gasteiger partial charge >= 0.3 is 35.8 Å². The van der Waals surface area contributed by atoms with Crippen LogP contribution in [0.1, 0.15) is 77.3 Å². The summed E-state index contributed by atoms with van der Waals surface area (Å²) in [6.07, 6.45) is 4.69. The molecule has 14 heteroatoms. The summed E-state index contributed by atoms with van der Waals surface area (Å²) in [4.78, 5) is 70.6. The van der Waals surface area contributed by atoms with Crippen molar-refractivity contribution in [2.24, 2.45) is 11.8 Å². The number of hydrogen-bond acceptors (Lipinski definition) is 14. The molecule has 0 saturated heterocycles. The maximum atomic E-state index is 12.2. The normalized spacial score (nSPS) is 13.6. The molecule has 0 spiro atoms. The third-order valence-electron chi connectivity index (χ3n) is 6.86. The first-order valence-corrected chi connectivity index (χ1v) is 16.5. The van der Waals surface area contributed by atoms with Crippen LogP contribution in [0, 0.1) is 11.8 Å². The van der Waals surface area contributed by atoms with Crippen LogP contribution in [0.15, 0.2) is 48.6 Å². The van der Waals surface area contributed by atoms with Gasteiger partial charge in [-0.1, -0.05) is 38.1 Å². The minimum atomic E-state index is -0.800. The van der Waals surface area contributed by atoms with E-state index >= 15 is 0 Å². The summed E-state index contributed by atoms with van der Waals surface area (Å²) in [7, 11) is 0. The van der Waals surface area contributed by atoms with E-state index < -0.39 is 36.1 Å². The average molecular weight is 707 g/mol. The second kappa shape index (κ2) is 25.4. The Morgan fingerprint density at radius 1 is 0.520 bits per heavy atom. The topological polar surface area (TPSA) is 198 Å². The molecule has 278 valence electrons. The van der Waals surface area contributed by atoms with Crippen molar-refractivity contribution in [1.82, 2.24) is 0 Å². The zero-order valence-corrected chi connectivity index (χ0v) is 29.2. The van der Waals surface area contributed by atoms with Gasteiger partial charge in [0.2, 0.25) is 0 Å². The number of carbonyl (C=O) groups is 6. The first kappa shape index (κ1) is 43.5. The first-order valence-electron chi connectivity index (χ1n) is 16.5. The average Bonchev–Trinajstić information content (AvgIpc) is 3.08. The summed E-state index contributed by atoms with van der Waals surface area (Å²) in [5, 5.41) is 18.1. The highest BCUT2D eigenvalue weighted by Gasteiger charge is 2.12. The molecule has 0 aliphatic carbocycles. The number of carbonyl (C=O) groups excluding carboxylic acids is 6. The molecule has 4 atom stereocenters. The van der Waals surface area contributed by atoms with E-state index in [4.69, 9.17) is 38.6 Å². The highest BCUT2D eigenvalue weighted by molar-refractivity contribution is 5.92. The Balaban J connectivity index is 2.19. The van der Waals surface area contributed by atoms with Gasteiger partial charge in [0.1, 0.15) is 26.4 Å². The lowest BCUT2D eigenvalue weighted by molar-refractivity contribution is -0.146. The summed E-state index contributed by atoms with van der Waals surface area (Å²) in [5.74, 6) is -3.46. The van der Waals surface area contributed by atoms with Crippen molar-refractivity contribution in [1.29, 1.82) is 0 Å². The van der Waals surface area contributed by atoms with Crippen LogP contribution in [0.2, 0.25) is 0 Å². The Labute approximate surface area is 292 Å². The molecule has 0 aliphatic rings. The summed E-state index contributed by atoms with van der Waals surface area (Å²) < 4.78 is 30.2. The number of esters is 6. The van der Waals surface area contributed by atoms with Crippen molar-refractivity contribution in [2.45, 2.75) is 91.6 Å². The Morgan fingerprint density at radius 3 is 1.16 bits per heavy atom. The maximum Gasteiger partial charge on any atom is 0.331 e. The third kappa shape index (κ3) is 23.7. The Hall–Kier alpha value is -4.56. The van der Waals surface area contributed by atoms with E-state index in [1.807, 2.05) is 13.8 Å². The molecule has 1 aromatic carbocycles. The van der Waals surface area contributed by atoms with Crippen LogP contribution in [-0.2, 0) is 70.4 Å². The van der Waals surface area contributed by atoms with E-state index in [0.717, 1.165) is 35.4 Å². The lowest BCUT2D eigenvalue weighted by Crippen LogP contribution is -2.14. The van der Waals surface area contributed by atoms with Gasteiger partial charge in [-0.25, -0.2) is 19.2 Å². The zero-order chi connectivity index (χ0) is 37.3. The van der Waals surface area contributed by atoms with E-state index in [1.165, 1.54) is 13.8 Å². The standard InChI is InChI=1S/C36H50O14/c1-25(17-19-45-31(39)13-15-35(43)47-21-27(3)37)5-11-33(41)49-23-29-7-9-30(10-8-29)24-50-34(42)12-6-26(2)18-20-46-32(40)14-16-36(44)48-22-28(4)38/h7-10,13-16,25-28,37-38H,5-6,11-12,17-24H2,1-4H3/b15-13+,16-14+. The highest BCUT2D eigenvalue weighted by atomic mass is 16.6. The van der Waals surface area contributed by atoms with Gasteiger partial charge in [0.05, 0.1) is 25.4 Å². The van der Waals surface area contributed by atoms with Crippen LogP contribution in [0.4, 0.5) is 0 Å². The Kier molecular flexibility index (Phi) is 22.1. The molecular weight excluding hydrogens is 656 g/mol. The fraction of sp³-hybridized carbons (Fsp3) is 0.556. The fourth-order valence-electron chi connectivity index (χ4n) is 3.81. The number of hydrogen-bond donors (Lipinski definition) is 2. The van der Waals surface area contributed by atoms with E-state index in [1.54, 1.807) is 24.3 Å². The molecule has 0 aliphatic heterocycles. The second-order valence-electron chi connectivity index (χ2n) is 12.0. The van der Waals surface area contributed by atoms with Crippen molar-refractivity contribution in [3.63, 3.8) is 0 Å². The van der Waals surface area contributed by atoms with Gasteiger partial charge in [0.25, 0.3) is 0 Å². The smallest absolute Gasteiger partial charge is 0.331 e. The van der Waals surface area contributed by atoms with Crippen molar-refractivity contribution in [2.75, 3.05) is 26.4 Å². The monoisotopic (exact) mass is 706 g/mol. The number of aliphatic hydroxyl groups is 2. The van der Waals surface area contributed by atoms with Gasteiger partial charge < -0.3 is 38.6 Å². The summed E-state index contributed by atoms with van der Waals surface area (Å²) in [5.41, 5.74) is 1.55. The van der Waals surface area contributed by atoms with Gasteiger partial charge in [-0.3, -0.25) is 9.59 Å². The molecule has 14 nitrogen and oxygen atoms in total. The molecular formula is C36H50O14. The number of ether oxygens (including phenoxy) is 6. The van der Waals surface area contributed by atoms with Crippen LogP contribution in [0.3, 0.4) is 0 Å². The molecule has 1 aromatic rings. The largest absolute Gasteiger partial charge is 0.463 e. The molecule has 0 saturated carbocycles. The van der Waals surface area contributed by atoms with E-state index in [9.17, 15) is 28.8 Å². The van der Waals surface area contributed by atoms with Crippen LogP contribution in [-0.4, -0.2) is 84.7 Å². The fourth-order valence-corrected chi connectivity index (χ4v) is 3.81. The number of aliphatic hydroxyl groups excluding tert-OH is 2. The first-order chi connectivity index (χ1) is 23.7. The SMILES string of the molecule is CC(O)COC(=O)/C=C/C(=O)OCCC(C)CCC(=O)OCc1ccc(COC(=O)CCC(C)CCOC(=O)/C=C/C(=O)OCC(C)O)cc1. The molecule has 1 rings (SSSR count). The van der Waals surface area contributed by atoms with Crippen molar-refractivity contribution >= 4 is 35.8 Å². The predicted molar refractivity (Wildman–Crippen MR) is 178 cm³/mol. The van der Waals surface area contributed by atoms with Gasteiger partial charge in [0.15, 0.2) is 0 Å². The molecule has 0 radical (unpaired) electrons. The van der Waals surface area contributed by atoms with Crippen LogP contribution in [0.25, 0.3) is 0 Å². The summed E-state index contributed by atoms with van der Waals surface area (Å²) in [6.45, 7) is 6.86. The molecule has 2 N–H and O–H groups in total. The van der Waals surface area contributed by atoms with Crippen LogP contribution in [0.5, 0.6) is 0 Å². The van der Waals surface area contributed by atoms with Crippen molar-refractivity contribution < 1.29 is 67.4 Å². The second-order valence-corrected chi connectivity index (χ2v) is 12.0. The number of benzene rings is 1. The molecule has 4 unspecified atom stereocenters. The van der Waals surface area contributed by atoms with E-state index in [0.29, 0.717) is 25.7 Å². The van der Waals surface area contributed by atoms with Crippen LogP contribution < -0.4 is 0 Å². The zero-order valence-electron chi connectivity index (χ0n) is 29.2. The van der Waals surface area contributed by atoms with Crippen molar-refractivity contribution in [3.8, 4) is 0 Å². The third-order valence-corrected chi connectivity index (χ3v) is 6.86. The highest BCUT2D eigenvalue weighted by Crippen LogP contribution is 2.14. The maximum absolute atomic E-state index is 12.2. The molecule has 0 fully saturated rings. The van der Waals surface area contributed by atoms with Crippen molar-refractivity contribution in [3.05, 3.63) is 59.7 Å². The van der Waals surface area contributed by atoms with Gasteiger partial charge in [-0.15, -0.1) is 0 Å². The van der Waals surface area contributed by atoms with E-state index in [2.05, 4.69) is 0 Å². The molecule has 0 bridgehead atoms. The Bertz CT molecular complexity index is 1170. The number of rotatable bonds is 24. The quantitative estimate of drug-likeness (QED) is 0.0900. The molecule has 0 heterocycles. The molecule has 50 heavy (non-hydrogen) atoms. The summed E-state index contributed by atoms with van der Waals surface area (Å²) in [6, 6.07) is 7.13. The summed E-state index contributed by atoms with van der Waals surface area (Å²) >= 11 is 0. The van der Waals surface area contributed by atoms with Gasteiger partial charge in [0, 0.05) is 37.1 Å². The molecule has 0 aromatic heterocycles. The van der Waals surface area contributed by atoms with E-state index in [-0.39, 0.29) is 76.3 Å². The predicted octanol–water partition coefficient (Wildman–Crippen LogP) is 3.43. The minimum Gasteiger partial charge on any atom is -0.463 e. The minimum absolute atomic E-state index is 0.0845. The molecule has 0 amide bonds. The Morgan fingerprint density at radius 2 is 0.840 bits per heavy atom. The van der Waals surface area contributed by atoms with Gasteiger partial charge in [-0.2, -0.15) is 0 Å². The van der Waals surface area contributed by atoms with Gasteiger partial charge in [-0.05, 0) is 62.5 Å².